The summed E-state index contributed by atoms with van der Waals surface area (Å²) < 4.78 is 0. The molecular formula is C11H16N2. The lowest BCUT2D eigenvalue weighted by atomic mass is 10.1. The molecule has 2 rings (SSSR count). The van der Waals surface area contributed by atoms with Gasteiger partial charge in [-0.25, -0.2) is 0 Å². The van der Waals surface area contributed by atoms with Crippen molar-refractivity contribution in [3.05, 3.63) is 23.8 Å². The highest BCUT2D eigenvalue weighted by Crippen LogP contribution is 2.30. The Labute approximate surface area is 79.6 Å². The van der Waals surface area contributed by atoms with Gasteiger partial charge in [0, 0.05) is 19.6 Å². The summed E-state index contributed by atoms with van der Waals surface area (Å²) in [7, 11) is 2.14. The SMILES string of the molecule is Cc1ccc2c(c1)NC(C)CN2C. The minimum absolute atomic E-state index is 0.541. The average Bonchev–Trinajstić information content (AvgIpc) is 2.02. The highest BCUT2D eigenvalue weighted by atomic mass is 15.2. The highest BCUT2D eigenvalue weighted by Gasteiger charge is 2.17. The van der Waals surface area contributed by atoms with Crippen molar-refractivity contribution in [1.82, 2.24) is 0 Å². The molecule has 13 heavy (non-hydrogen) atoms. The normalized spacial score (nSPS) is 20.8. The molecule has 1 atom stereocenters. The molecule has 1 N–H and O–H groups in total. The van der Waals surface area contributed by atoms with Gasteiger partial charge in [0.05, 0.1) is 11.4 Å². The van der Waals surface area contributed by atoms with Gasteiger partial charge in [0.25, 0.3) is 0 Å². The van der Waals surface area contributed by atoms with E-state index in [1.54, 1.807) is 0 Å². The fourth-order valence-electron chi connectivity index (χ4n) is 1.92. The largest absolute Gasteiger partial charge is 0.379 e. The number of likely N-dealkylation sites (N-methyl/N-ethyl adjacent to an activating group) is 1. The van der Waals surface area contributed by atoms with Crippen LogP contribution in [-0.2, 0) is 0 Å². The Bertz CT molecular complexity index is 320. The van der Waals surface area contributed by atoms with Crippen LogP contribution in [0.25, 0.3) is 0 Å². The maximum Gasteiger partial charge on any atom is 0.0600 e. The van der Waals surface area contributed by atoms with Gasteiger partial charge in [-0.3, -0.25) is 0 Å². The van der Waals surface area contributed by atoms with Crippen LogP contribution in [0.1, 0.15) is 12.5 Å². The summed E-state index contributed by atoms with van der Waals surface area (Å²) in [5, 5.41) is 3.49. The Morgan fingerprint density at radius 3 is 3.00 bits per heavy atom. The van der Waals surface area contributed by atoms with Crippen LogP contribution in [-0.4, -0.2) is 19.6 Å². The lowest BCUT2D eigenvalue weighted by Gasteiger charge is -2.33. The van der Waals surface area contributed by atoms with E-state index in [0.29, 0.717) is 6.04 Å². The third kappa shape index (κ3) is 1.48. The zero-order valence-electron chi connectivity index (χ0n) is 8.46. The van der Waals surface area contributed by atoms with E-state index in [0.717, 1.165) is 6.54 Å². The van der Waals surface area contributed by atoms with Crippen molar-refractivity contribution in [3.63, 3.8) is 0 Å². The fraction of sp³-hybridized carbons (Fsp3) is 0.455. The first-order valence-electron chi connectivity index (χ1n) is 4.75. The summed E-state index contributed by atoms with van der Waals surface area (Å²) in [4.78, 5) is 2.30. The van der Waals surface area contributed by atoms with E-state index < -0.39 is 0 Å². The van der Waals surface area contributed by atoms with Crippen LogP contribution < -0.4 is 10.2 Å². The number of aryl methyl sites for hydroxylation is 1. The molecule has 0 amide bonds. The van der Waals surface area contributed by atoms with Gasteiger partial charge in [-0.2, -0.15) is 0 Å². The molecule has 1 heterocycles. The van der Waals surface area contributed by atoms with Gasteiger partial charge in [0.1, 0.15) is 0 Å². The third-order valence-electron chi connectivity index (χ3n) is 2.51. The minimum Gasteiger partial charge on any atom is -0.379 e. The molecular weight excluding hydrogens is 160 g/mol. The van der Waals surface area contributed by atoms with Crippen LogP contribution in [0.5, 0.6) is 0 Å². The van der Waals surface area contributed by atoms with Gasteiger partial charge < -0.3 is 10.2 Å². The molecule has 0 spiro atoms. The Morgan fingerprint density at radius 1 is 1.46 bits per heavy atom. The first-order chi connectivity index (χ1) is 6.16. The predicted molar refractivity (Wildman–Crippen MR) is 57.5 cm³/mol. The summed E-state index contributed by atoms with van der Waals surface area (Å²) in [6.45, 7) is 5.42. The number of benzene rings is 1. The molecule has 70 valence electrons. The van der Waals surface area contributed by atoms with E-state index >= 15 is 0 Å². The molecule has 1 aliphatic heterocycles. The minimum atomic E-state index is 0.541. The lowest BCUT2D eigenvalue weighted by molar-refractivity contribution is 0.737. The number of hydrogen-bond acceptors (Lipinski definition) is 2. The second-order valence-electron chi connectivity index (χ2n) is 3.95. The van der Waals surface area contributed by atoms with Crippen molar-refractivity contribution < 1.29 is 0 Å². The van der Waals surface area contributed by atoms with E-state index in [2.05, 4.69) is 49.3 Å². The van der Waals surface area contributed by atoms with Crippen LogP contribution in [0.3, 0.4) is 0 Å². The van der Waals surface area contributed by atoms with Crippen LogP contribution in [0.15, 0.2) is 18.2 Å². The molecule has 0 bridgehead atoms. The Kier molecular flexibility index (Phi) is 1.91. The second-order valence-corrected chi connectivity index (χ2v) is 3.95. The number of nitrogens with one attached hydrogen (secondary N) is 1. The lowest BCUT2D eigenvalue weighted by Crippen LogP contribution is -2.37. The zero-order chi connectivity index (χ0) is 9.42. The topological polar surface area (TPSA) is 15.3 Å². The number of fused-ring (bicyclic) bond motifs is 1. The highest BCUT2D eigenvalue weighted by molar-refractivity contribution is 5.73. The number of anilines is 2. The van der Waals surface area contributed by atoms with Crippen LogP contribution in [0.4, 0.5) is 11.4 Å². The van der Waals surface area contributed by atoms with E-state index in [1.807, 2.05) is 0 Å². The first-order valence-corrected chi connectivity index (χ1v) is 4.75. The van der Waals surface area contributed by atoms with E-state index in [9.17, 15) is 0 Å². The molecule has 1 aliphatic rings. The van der Waals surface area contributed by atoms with E-state index in [-0.39, 0.29) is 0 Å². The summed E-state index contributed by atoms with van der Waals surface area (Å²) in [5.74, 6) is 0. The average molecular weight is 176 g/mol. The molecule has 1 aromatic rings. The van der Waals surface area contributed by atoms with Crippen molar-refractivity contribution in [3.8, 4) is 0 Å². The fourth-order valence-corrected chi connectivity index (χ4v) is 1.92. The molecule has 0 fully saturated rings. The number of nitrogens with zero attached hydrogens (tertiary/aromatic N) is 1. The molecule has 0 saturated heterocycles. The van der Waals surface area contributed by atoms with Crippen LogP contribution in [0.2, 0.25) is 0 Å². The van der Waals surface area contributed by atoms with Gasteiger partial charge >= 0.3 is 0 Å². The summed E-state index contributed by atoms with van der Waals surface area (Å²) in [6.07, 6.45) is 0. The zero-order valence-corrected chi connectivity index (χ0v) is 8.46. The molecule has 2 nitrogen and oxygen atoms in total. The standard InChI is InChI=1S/C11H16N2/c1-8-4-5-11-10(6-8)12-9(2)7-13(11)3/h4-6,9,12H,7H2,1-3H3. The predicted octanol–water partition coefficient (Wildman–Crippen LogP) is 2.25. The van der Waals surface area contributed by atoms with Crippen molar-refractivity contribution in [2.75, 3.05) is 23.8 Å². The third-order valence-corrected chi connectivity index (χ3v) is 2.51. The van der Waals surface area contributed by atoms with Gasteiger partial charge in [0.2, 0.25) is 0 Å². The van der Waals surface area contributed by atoms with E-state index in [1.165, 1.54) is 16.9 Å². The Balaban J connectivity index is 2.43. The van der Waals surface area contributed by atoms with Crippen molar-refractivity contribution in [2.45, 2.75) is 19.9 Å². The van der Waals surface area contributed by atoms with Gasteiger partial charge in [-0.05, 0) is 31.5 Å². The quantitative estimate of drug-likeness (QED) is 0.652. The summed E-state index contributed by atoms with van der Waals surface area (Å²) in [5.41, 5.74) is 3.89. The Morgan fingerprint density at radius 2 is 2.23 bits per heavy atom. The van der Waals surface area contributed by atoms with Crippen molar-refractivity contribution in [2.24, 2.45) is 0 Å². The van der Waals surface area contributed by atoms with Gasteiger partial charge in [0.15, 0.2) is 0 Å². The molecule has 0 aromatic heterocycles. The van der Waals surface area contributed by atoms with Crippen LogP contribution >= 0.6 is 0 Å². The maximum atomic E-state index is 3.49. The molecule has 0 aliphatic carbocycles. The van der Waals surface area contributed by atoms with Crippen LogP contribution in [0, 0.1) is 6.92 Å². The van der Waals surface area contributed by atoms with Gasteiger partial charge in [-0.15, -0.1) is 0 Å². The van der Waals surface area contributed by atoms with Gasteiger partial charge in [-0.1, -0.05) is 6.07 Å². The molecule has 0 saturated carbocycles. The van der Waals surface area contributed by atoms with Crippen molar-refractivity contribution in [1.29, 1.82) is 0 Å². The molecule has 2 heteroatoms. The first kappa shape index (κ1) is 8.42. The summed E-state index contributed by atoms with van der Waals surface area (Å²) in [6, 6.07) is 7.09. The monoisotopic (exact) mass is 176 g/mol. The molecule has 1 unspecified atom stereocenters. The Hall–Kier alpha value is -1.18. The van der Waals surface area contributed by atoms with E-state index in [4.69, 9.17) is 0 Å². The smallest absolute Gasteiger partial charge is 0.0600 e. The maximum absolute atomic E-state index is 3.49. The number of rotatable bonds is 0. The number of hydrogen-bond donors (Lipinski definition) is 1. The van der Waals surface area contributed by atoms with Crippen molar-refractivity contribution >= 4 is 11.4 Å². The molecule has 1 aromatic carbocycles. The second kappa shape index (κ2) is 2.95. The summed E-state index contributed by atoms with van der Waals surface area (Å²) >= 11 is 0. The molecule has 0 radical (unpaired) electrons.